The van der Waals surface area contributed by atoms with Crippen LogP contribution in [-0.2, 0) is 4.79 Å². The summed E-state index contributed by atoms with van der Waals surface area (Å²) in [4.78, 5) is 24.8. The number of alkyl halides is 2. The molecule has 0 spiro atoms. The fourth-order valence-electron chi connectivity index (χ4n) is 1.86. The first kappa shape index (κ1) is 13.7. The average Bonchev–Trinajstić information content (AvgIpc) is 2.86. The number of hydrogen-bond acceptors (Lipinski definition) is 4. The highest BCUT2D eigenvalue weighted by molar-refractivity contribution is 7.12. The summed E-state index contributed by atoms with van der Waals surface area (Å²) < 4.78 is 28.5. The van der Waals surface area contributed by atoms with Crippen molar-refractivity contribution in [3.05, 3.63) is 16.3 Å². The number of nitrogens with one attached hydrogen (secondary N) is 1. The summed E-state index contributed by atoms with van der Waals surface area (Å²) in [6, 6.07) is 1.02. The maximum Gasteiger partial charge on any atom is 0.387 e. The van der Waals surface area contributed by atoms with Crippen LogP contribution >= 0.6 is 11.3 Å². The largest absolute Gasteiger partial charge is 0.433 e. The molecule has 1 aromatic heterocycles. The minimum absolute atomic E-state index is 0.0551. The Morgan fingerprint density at radius 3 is 2.95 bits per heavy atom. The molecule has 104 valence electrons. The molecule has 0 radical (unpaired) electrons. The van der Waals surface area contributed by atoms with Gasteiger partial charge >= 0.3 is 6.61 Å². The summed E-state index contributed by atoms with van der Waals surface area (Å²) in [6.45, 7) is -2.55. The maximum absolute atomic E-state index is 12.1. The molecule has 19 heavy (non-hydrogen) atoms. The zero-order chi connectivity index (χ0) is 14.0. The Hall–Kier alpha value is -1.70. The molecular weight excluding hydrogens is 278 g/mol. The summed E-state index contributed by atoms with van der Waals surface area (Å²) in [5, 5.41) is 4.14. The summed E-state index contributed by atoms with van der Waals surface area (Å²) in [5.74, 6) is -0.700. The number of likely N-dealkylation sites (N-methyl/N-ethyl adjacent to an activating group) is 1. The van der Waals surface area contributed by atoms with E-state index in [0.717, 1.165) is 11.3 Å². The quantitative estimate of drug-likeness (QED) is 0.909. The molecule has 8 heteroatoms. The molecule has 0 unspecified atom stereocenters. The van der Waals surface area contributed by atoms with Crippen LogP contribution < -0.4 is 10.1 Å². The summed E-state index contributed by atoms with van der Waals surface area (Å²) in [7, 11) is 1.64. The lowest BCUT2D eigenvalue weighted by Gasteiger charge is -2.12. The van der Waals surface area contributed by atoms with Crippen molar-refractivity contribution in [2.45, 2.75) is 19.1 Å². The van der Waals surface area contributed by atoms with Gasteiger partial charge in [0.15, 0.2) is 0 Å². The lowest BCUT2D eigenvalue weighted by Crippen LogP contribution is -2.36. The van der Waals surface area contributed by atoms with Gasteiger partial charge in [-0.25, -0.2) is 0 Å². The molecule has 1 aromatic rings. The van der Waals surface area contributed by atoms with E-state index in [-0.39, 0.29) is 29.0 Å². The van der Waals surface area contributed by atoms with E-state index in [4.69, 9.17) is 0 Å². The van der Waals surface area contributed by atoms with E-state index in [2.05, 4.69) is 10.1 Å². The van der Waals surface area contributed by atoms with Gasteiger partial charge in [0.05, 0.1) is 6.04 Å². The second-order valence-corrected chi connectivity index (χ2v) is 5.06. The predicted octanol–water partition coefficient (Wildman–Crippen LogP) is 1.31. The third kappa shape index (κ3) is 3.19. The lowest BCUT2D eigenvalue weighted by atomic mass is 10.2. The SMILES string of the molecule is CN1C[C@@H](NC(=O)c2sccc2OC(F)F)CC1=O. The van der Waals surface area contributed by atoms with E-state index in [9.17, 15) is 18.4 Å². The average molecular weight is 290 g/mol. The van der Waals surface area contributed by atoms with Crippen LogP contribution in [-0.4, -0.2) is 43.0 Å². The molecule has 1 atom stereocenters. The monoisotopic (exact) mass is 290 g/mol. The Kier molecular flexibility index (Phi) is 3.98. The van der Waals surface area contributed by atoms with Gasteiger partial charge in [-0.05, 0) is 11.4 Å². The van der Waals surface area contributed by atoms with E-state index in [1.165, 1.54) is 16.3 Å². The van der Waals surface area contributed by atoms with E-state index in [0.29, 0.717) is 6.54 Å². The number of thiophene rings is 1. The number of amides is 2. The van der Waals surface area contributed by atoms with Crippen molar-refractivity contribution in [3.63, 3.8) is 0 Å². The van der Waals surface area contributed by atoms with Crippen LogP contribution in [0, 0.1) is 0 Å². The minimum Gasteiger partial charge on any atom is -0.433 e. The fraction of sp³-hybridized carbons (Fsp3) is 0.455. The Balaban J connectivity index is 2.00. The molecule has 0 saturated carbocycles. The second kappa shape index (κ2) is 5.52. The topological polar surface area (TPSA) is 58.6 Å². The van der Waals surface area contributed by atoms with Crippen molar-refractivity contribution in [1.82, 2.24) is 10.2 Å². The van der Waals surface area contributed by atoms with Crippen LogP contribution in [0.2, 0.25) is 0 Å². The molecule has 1 fully saturated rings. The summed E-state index contributed by atoms with van der Waals surface area (Å²) in [5.41, 5.74) is 0. The lowest BCUT2D eigenvalue weighted by molar-refractivity contribution is -0.126. The van der Waals surface area contributed by atoms with Crippen LogP contribution in [0.5, 0.6) is 5.75 Å². The Morgan fingerprint density at radius 1 is 1.63 bits per heavy atom. The normalized spacial score (nSPS) is 19.1. The Morgan fingerprint density at radius 2 is 2.37 bits per heavy atom. The highest BCUT2D eigenvalue weighted by Gasteiger charge is 2.29. The van der Waals surface area contributed by atoms with E-state index in [1.54, 1.807) is 7.05 Å². The molecule has 1 saturated heterocycles. The van der Waals surface area contributed by atoms with Gasteiger partial charge in [0.1, 0.15) is 10.6 Å². The number of likely N-dealkylation sites (tertiary alicyclic amines) is 1. The molecule has 1 N–H and O–H groups in total. The highest BCUT2D eigenvalue weighted by Crippen LogP contribution is 2.26. The van der Waals surface area contributed by atoms with Crippen molar-refractivity contribution < 1.29 is 23.1 Å². The number of halogens is 2. The third-order valence-corrected chi connectivity index (χ3v) is 3.62. The summed E-state index contributed by atoms with van der Waals surface area (Å²) in [6.07, 6.45) is 0.221. The van der Waals surface area contributed by atoms with Gasteiger partial charge in [0, 0.05) is 20.0 Å². The van der Waals surface area contributed by atoms with Crippen molar-refractivity contribution >= 4 is 23.2 Å². The number of rotatable bonds is 4. The molecule has 2 heterocycles. The maximum atomic E-state index is 12.1. The van der Waals surface area contributed by atoms with Gasteiger partial charge in [-0.3, -0.25) is 9.59 Å². The second-order valence-electron chi connectivity index (χ2n) is 4.14. The van der Waals surface area contributed by atoms with Crippen molar-refractivity contribution in [2.24, 2.45) is 0 Å². The van der Waals surface area contributed by atoms with Gasteiger partial charge in [0.25, 0.3) is 5.91 Å². The molecule has 1 aliphatic rings. The number of carbonyl (C=O) groups excluding carboxylic acids is 2. The van der Waals surface area contributed by atoms with Gasteiger partial charge in [-0.1, -0.05) is 0 Å². The van der Waals surface area contributed by atoms with Gasteiger partial charge < -0.3 is 15.0 Å². The third-order valence-electron chi connectivity index (χ3n) is 2.73. The van der Waals surface area contributed by atoms with Crippen molar-refractivity contribution in [3.8, 4) is 5.75 Å². The molecule has 1 aliphatic heterocycles. The molecular formula is C11H12F2N2O3S. The van der Waals surface area contributed by atoms with Crippen LogP contribution in [0.15, 0.2) is 11.4 Å². The van der Waals surface area contributed by atoms with Gasteiger partial charge in [-0.2, -0.15) is 8.78 Å². The predicted molar refractivity (Wildman–Crippen MR) is 64.5 cm³/mol. The summed E-state index contributed by atoms with van der Waals surface area (Å²) >= 11 is 1.02. The van der Waals surface area contributed by atoms with E-state index in [1.807, 2.05) is 0 Å². The van der Waals surface area contributed by atoms with Crippen LogP contribution in [0.25, 0.3) is 0 Å². The van der Waals surface area contributed by atoms with Crippen LogP contribution in [0.1, 0.15) is 16.1 Å². The van der Waals surface area contributed by atoms with Crippen molar-refractivity contribution in [2.75, 3.05) is 13.6 Å². The number of hydrogen-bond donors (Lipinski definition) is 1. The smallest absolute Gasteiger partial charge is 0.387 e. The number of ether oxygens (including phenoxy) is 1. The van der Waals surface area contributed by atoms with Crippen molar-refractivity contribution in [1.29, 1.82) is 0 Å². The zero-order valence-electron chi connectivity index (χ0n) is 10.1. The van der Waals surface area contributed by atoms with Gasteiger partial charge in [0.2, 0.25) is 5.91 Å². The molecule has 5 nitrogen and oxygen atoms in total. The fourth-order valence-corrected chi connectivity index (χ4v) is 2.59. The number of nitrogens with zero attached hydrogens (tertiary/aromatic N) is 1. The molecule has 2 rings (SSSR count). The Bertz CT molecular complexity index is 492. The first-order valence-corrected chi connectivity index (χ1v) is 6.42. The highest BCUT2D eigenvalue weighted by atomic mass is 32.1. The Labute approximate surface area is 112 Å². The first-order chi connectivity index (χ1) is 8.97. The zero-order valence-corrected chi connectivity index (χ0v) is 10.9. The van der Waals surface area contributed by atoms with Gasteiger partial charge in [-0.15, -0.1) is 11.3 Å². The minimum atomic E-state index is -2.97. The van der Waals surface area contributed by atoms with Crippen LogP contribution in [0.4, 0.5) is 8.78 Å². The van der Waals surface area contributed by atoms with E-state index >= 15 is 0 Å². The standard InChI is InChI=1S/C11H12F2N2O3S/c1-15-5-6(4-8(15)16)14-10(17)9-7(2-3-19-9)18-11(12)13/h2-3,6,11H,4-5H2,1H3,(H,14,17)/t6-/m0/s1. The molecule has 0 bridgehead atoms. The molecule has 0 aromatic carbocycles. The first-order valence-electron chi connectivity index (χ1n) is 5.54. The molecule has 2 amide bonds. The van der Waals surface area contributed by atoms with E-state index < -0.39 is 12.5 Å². The van der Waals surface area contributed by atoms with Crippen LogP contribution in [0.3, 0.4) is 0 Å². The number of carbonyl (C=O) groups is 2. The molecule has 0 aliphatic carbocycles.